The van der Waals surface area contributed by atoms with E-state index in [-0.39, 0.29) is 5.56 Å². The molecular weight excluding hydrogens is 196 g/mol. The first-order valence-corrected chi connectivity index (χ1v) is 4.34. The van der Waals surface area contributed by atoms with Gasteiger partial charge < -0.3 is 10.1 Å². The molecule has 2 N–H and O–H groups in total. The molecule has 1 heterocycles. The number of carbonyl (C=O) groups excluding carboxylic acids is 1. The summed E-state index contributed by atoms with van der Waals surface area (Å²) in [7, 11) is 0. The summed E-state index contributed by atoms with van der Waals surface area (Å²) in [6.45, 7) is -0.566. The number of rotatable bonds is 2. The second-order valence-electron chi connectivity index (χ2n) is 3.04. The van der Waals surface area contributed by atoms with Crippen molar-refractivity contribution in [3.63, 3.8) is 0 Å². The zero-order valence-corrected chi connectivity index (χ0v) is 7.73. The molecule has 0 saturated carbocycles. The van der Waals surface area contributed by atoms with Crippen LogP contribution in [0.5, 0.6) is 0 Å². The van der Waals surface area contributed by atoms with Gasteiger partial charge in [-0.2, -0.15) is 0 Å². The molecule has 1 aromatic carbocycles. The van der Waals surface area contributed by atoms with Gasteiger partial charge in [0.1, 0.15) is 6.61 Å². The number of ketones is 1. The van der Waals surface area contributed by atoms with Crippen molar-refractivity contribution in [2.75, 3.05) is 6.61 Å². The fourth-order valence-electron chi connectivity index (χ4n) is 1.33. The highest BCUT2D eigenvalue weighted by Gasteiger charge is 2.06. The lowest BCUT2D eigenvalue weighted by molar-refractivity contribution is 0.0904. The van der Waals surface area contributed by atoms with Crippen molar-refractivity contribution in [3.05, 3.63) is 40.4 Å². The Morgan fingerprint density at radius 3 is 3.00 bits per heavy atom. The SMILES string of the molecule is O=C(CO)c1ccc2nc[nH]c(=O)c2c1. The van der Waals surface area contributed by atoms with Crippen molar-refractivity contribution in [1.29, 1.82) is 0 Å². The average molecular weight is 204 g/mol. The minimum atomic E-state index is -0.566. The molecule has 2 rings (SSSR count). The van der Waals surface area contributed by atoms with Crippen LogP contribution in [-0.2, 0) is 0 Å². The highest BCUT2D eigenvalue weighted by atomic mass is 16.3. The number of aromatic nitrogens is 2. The molecule has 0 aliphatic heterocycles. The van der Waals surface area contributed by atoms with Crippen LogP contribution in [0.3, 0.4) is 0 Å². The summed E-state index contributed by atoms with van der Waals surface area (Å²) in [5, 5.41) is 9.02. The van der Waals surface area contributed by atoms with Gasteiger partial charge in [0.2, 0.25) is 0 Å². The zero-order valence-electron chi connectivity index (χ0n) is 7.73. The zero-order chi connectivity index (χ0) is 10.8. The van der Waals surface area contributed by atoms with Crippen molar-refractivity contribution in [2.45, 2.75) is 0 Å². The van der Waals surface area contributed by atoms with E-state index in [1.807, 2.05) is 0 Å². The van der Waals surface area contributed by atoms with E-state index in [0.717, 1.165) is 0 Å². The number of carbonyl (C=O) groups is 1. The molecule has 0 amide bonds. The van der Waals surface area contributed by atoms with Crippen LogP contribution in [0.4, 0.5) is 0 Å². The van der Waals surface area contributed by atoms with Crippen LogP contribution in [0, 0.1) is 0 Å². The molecule has 0 atom stereocenters. The van der Waals surface area contributed by atoms with Crippen molar-refractivity contribution in [2.24, 2.45) is 0 Å². The van der Waals surface area contributed by atoms with Gasteiger partial charge in [-0.3, -0.25) is 9.59 Å². The topological polar surface area (TPSA) is 83.0 Å². The number of hydrogen-bond acceptors (Lipinski definition) is 4. The molecule has 0 radical (unpaired) electrons. The summed E-state index contributed by atoms with van der Waals surface area (Å²) in [4.78, 5) is 28.9. The van der Waals surface area contributed by atoms with Crippen LogP contribution in [-0.4, -0.2) is 27.5 Å². The molecule has 0 unspecified atom stereocenters. The maximum absolute atomic E-state index is 11.4. The molecule has 5 nitrogen and oxygen atoms in total. The summed E-state index contributed by atoms with van der Waals surface area (Å²) in [6.07, 6.45) is 1.30. The molecular formula is C10H8N2O3. The maximum atomic E-state index is 11.4. The van der Waals surface area contributed by atoms with Gasteiger partial charge in [-0.05, 0) is 18.2 Å². The monoisotopic (exact) mass is 204 g/mol. The van der Waals surface area contributed by atoms with Gasteiger partial charge in [-0.15, -0.1) is 0 Å². The van der Waals surface area contributed by atoms with Crippen molar-refractivity contribution in [3.8, 4) is 0 Å². The van der Waals surface area contributed by atoms with E-state index < -0.39 is 12.4 Å². The summed E-state index contributed by atoms with van der Waals surface area (Å²) >= 11 is 0. The minimum absolute atomic E-state index is 0.299. The van der Waals surface area contributed by atoms with E-state index in [4.69, 9.17) is 5.11 Å². The van der Waals surface area contributed by atoms with E-state index in [1.54, 1.807) is 6.07 Å². The highest BCUT2D eigenvalue weighted by molar-refractivity contribution is 5.99. The molecule has 0 bridgehead atoms. The Morgan fingerprint density at radius 2 is 2.27 bits per heavy atom. The van der Waals surface area contributed by atoms with Gasteiger partial charge in [0.25, 0.3) is 5.56 Å². The number of nitrogens with one attached hydrogen (secondary N) is 1. The normalized spacial score (nSPS) is 10.5. The lowest BCUT2D eigenvalue weighted by Crippen LogP contribution is -2.09. The molecule has 5 heteroatoms. The van der Waals surface area contributed by atoms with Gasteiger partial charge in [-0.25, -0.2) is 4.98 Å². The van der Waals surface area contributed by atoms with Crippen LogP contribution in [0.1, 0.15) is 10.4 Å². The van der Waals surface area contributed by atoms with E-state index in [2.05, 4.69) is 9.97 Å². The number of benzene rings is 1. The smallest absolute Gasteiger partial charge is 0.258 e. The predicted octanol–water partition coefficient (Wildman–Crippen LogP) is 0.0981. The molecule has 0 saturated heterocycles. The Bertz CT molecular complexity index is 574. The molecule has 0 fully saturated rings. The van der Waals surface area contributed by atoms with E-state index in [1.165, 1.54) is 18.5 Å². The van der Waals surface area contributed by atoms with E-state index >= 15 is 0 Å². The first-order valence-electron chi connectivity index (χ1n) is 4.34. The molecule has 15 heavy (non-hydrogen) atoms. The third kappa shape index (κ3) is 1.64. The van der Waals surface area contributed by atoms with Gasteiger partial charge in [-0.1, -0.05) is 0 Å². The number of aliphatic hydroxyl groups is 1. The Kier molecular flexibility index (Phi) is 2.31. The largest absolute Gasteiger partial charge is 0.388 e. The van der Waals surface area contributed by atoms with Crippen LogP contribution in [0.15, 0.2) is 29.3 Å². The molecule has 1 aromatic heterocycles. The summed E-state index contributed by atoms with van der Waals surface area (Å²) in [5.74, 6) is -0.417. The standard InChI is InChI=1S/C10H8N2O3/c13-4-9(14)6-1-2-8-7(3-6)10(15)12-5-11-8/h1-3,5,13H,4H2,(H,11,12,15). The Morgan fingerprint density at radius 1 is 1.47 bits per heavy atom. The maximum Gasteiger partial charge on any atom is 0.258 e. The van der Waals surface area contributed by atoms with Gasteiger partial charge in [0.15, 0.2) is 5.78 Å². The lowest BCUT2D eigenvalue weighted by Gasteiger charge is -1.99. The summed E-state index contributed by atoms with van der Waals surface area (Å²) in [6, 6.07) is 4.54. The van der Waals surface area contributed by atoms with Crippen LogP contribution >= 0.6 is 0 Å². The second-order valence-corrected chi connectivity index (χ2v) is 3.04. The van der Waals surface area contributed by atoms with Gasteiger partial charge in [0.05, 0.1) is 17.2 Å². The Hall–Kier alpha value is -2.01. The van der Waals surface area contributed by atoms with E-state index in [0.29, 0.717) is 16.5 Å². The molecule has 0 aliphatic carbocycles. The first kappa shape index (κ1) is 9.54. The van der Waals surface area contributed by atoms with Gasteiger partial charge >= 0.3 is 0 Å². The number of nitrogens with zero attached hydrogens (tertiary/aromatic N) is 1. The van der Waals surface area contributed by atoms with Gasteiger partial charge in [0, 0.05) is 5.56 Å². The quantitative estimate of drug-likeness (QED) is 0.679. The summed E-state index contributed by atoms with van der Waals surface area (Å²) < 4.78 is 0. The molecule has 0 spiro atoms. The number of hydrogen-bond donors (Lipinski definition) is 2. The number of aliphatic hydroxyl groups excluding tert-OH is 1. The van der Waals surface area contributed by atoms with Crippen molar-refractivity contribution >= 4 is 16.7 Å². The second kappa shape index (κ2) is 3.62. The van der Waals surface area contributed by atoms with Crippen molar-refractivity contribution < 1.29 is 9.90 Å². The number of aromatic amines is 1. The number of Topliss-reactive ketones (excluding diaryl/α,β-unsaturated/α-hetero) is 1. The van der Waals surface area contributed by atoms with Crippen LogP contribution < -0.4 is 5.56 Å². The molecule has 0 aliphatic rings. The first-order chi connectivity index (χ1) is 7.22. The molecule has 76 valence electrons. The minimum Gasteiger partial charge on any atom is -0.388 e. The Labute approximate surface area is 84.4 Å². The Balaban J connectivity index is 2.70. The van der Waals surface area contributed by atoms with Crippen molar-refractivity contribution in [1.82, 2.24) is 9.97 Å². The number of H-pyrrole nitrogens is 1. The fraction of sp³-hybridized carbons (Fsp3) is 0.100. The third-order valence-electron chi connectivity index (χ3n) is 2.11. The van der Waals surface area contributed by atoms with E-state index in [9.17, 15) is 9.59 Å². The molecule has 2 aromatic rings. The average Bonchev–Trinajstić information content (AvgIpc) is 2.28. The summed E-state index contributed by atoms with van der Waals surface area (Å²) in [5.41, 5.74) is 0.532. The predicted molar refractivity (Wildman–Crippen MR) is 53.8 cm³/mol. The number of fused-ring (bicyclic) bond motifs is 1. The highest BCUT2D eigenvalue weighted by Crippen LogP contribution is 2.09. The third-order valence-corrected chi connectivity index (χ3v) is 2.11. The van der Waals surface area contributed by atoms with Crippen LogP contribution in [0.25, 0.3) is 10.9 Å². The lowest BCUT2D eigenvalue weighted by atomic mass is 10.1. The van der Waals surface area contributed by atoms with Crippen LogP contribution in [0.2, 0.25) is 0 Å². The fourth-order valence-corrected chi connectivity index (χ4v) is 1.33.